The zero-order valence-corrected chi connectivity index (χ0v) is 10.4. The van der Waals surface area contributed by atoms with Crippen LogP contribution in [0, 0.1) is 11.3 Å². The van der Waals surface area contributed by atoms with E-state index in [1.165, 1.54) is 9.75 Å². The van der Waals surface area contributed by atoms with E-state index in [0.717, 1.165) is 6.54 Å². The van der Waals surface area contributed by atoms with Crippen LogP contribution in [-0.4, -0.2) is 6.54 Å². The molecule has 1 N–H and O–H groups in total. The first-order valence-corrected chi connectivity index (χ1v) is 6.85. The second kappa shape index (κ2) is 5.80. The number of nitrogens with one attached hydrogen (secondary N) is 1. The fourth-order valence-corrected chi connectivity index (χ4v) is 3.24. The van der Waals surface area contributed by atoms with Gasteiger partial charge in [0.25, 0.3) is 0 Å². The molecule has 0 bridgehead atoms. The predicted molar refractivity (Wildman–Crippen MR) is 68.7 cm³/mol. The summed E-state index contributed by atoms with van der Waals surface area (Å²) in [7, 11) is 0. The highest BCUT2D eigenvalue weighted by Gasteiger charge is 2.14. The first-order valence-electron chi connectivity index (χ1n) is 5.09. The minimum Gasteiger partial charge on any atom is -0.304 e. The lowest BCUT2D eigenvalue weighted by atomic mass is 10.2. The average Bonchev–Trinajstić information content (AvgIpc) is 2.97. The van der Waals surface area contributed by atoms with Crippen LogP contribution in [0.1, 0.15) is 22.2 Å². The summed E-state index contributed by atoms with van der Waals surface area (Å²) in [5.41, 5.74) is 0. The number of hydrogen-bond donors (Lipinski definition) is 1. The molecule has 0 aromatic carbocycles. The van der Waals surface area contributed by atoms with Gasteiger partial charge in [-0.25, -0.2) is 0 Å². The number of thiophene rings is 2. The van der Waals surface area contributed by atoms with E-state index in [1.54, 1.807) is 22.7 Å². The van der Waals surface area contributed by atoms with Crippen LogP contribution in [0.5, 0.6) is 0 Å². The summed E-state index contributed by atoms with van der Waals surface area (Å²) in [6.45, 7) is 0.733. The monoisotopic (exact) mass is 248 g/mol. The fourth-order valence-electron chi connectivity index (χ4n) is 1.52. The van der Waals surface area contributed by atoms with Crippen LogP contribution in [-0.2, 0) is 0 Å². The van der Waals surface area contributed by atoms with Gasteiger partial charge < -0.3 is 5.32 Å². The summed E-state index contributed by atoms with van der Waals surface area (Å²) < 4.78 is 0. The summed E-state index contributed by atoms with van der Waals surface area (Å²) >= 11 is 3.50. The van der Waals surface area contributed by atoms with Crippen LogP contribution >= 0.6 is 22.7 Å². The molecule has 0 spiro atoms. The smallest absolute Gasteiger partial charge is 0.0765 e. The third kappa shape index (κ3) is 2.70. The third-order valence-corrected chi connectivity index (χ3v) is 4.12. The Hall–Kier alpha value is -1.15. The molecule has 2 nitrogen and oxygen atoms in total. The van der Waals surface area contributed by atoms with Gasteiger partial charge in [0.15, 0.2) is 0 Å². The van der Waals surface area contributed by atoms with E-state index < -0.39 is 0 Å². The molecule has 0 atom stereocenters. The highest BCUT2D eigenvalue weighted by atomic mass is 32.1. The maximum atomic E-state index is 8.56. The lowest BCUT2D eigenvalue weighted by Gasteiger charge is -2.14. The van der Waals surface area contributed by atoms with E-state index in [-0.39, 0.29) is 6.04 Å². The molecule has 0 saturated carbocycles. The Bertz CT molecular complexity index is 406. The first-order chi connectivity index (χ1) is 7.92. The Morgan fingerprint density at radius 3 is 2.25 bits per heavy atom. The lowest BCUT2D eigenvalue weighted by molar-refractivity contribution is 0.629. The summed E-state index contributed by atoms with van der Waals surface area (Å²) in [5, 5.41) is 16.1. The van der Waals surface area contributed by atoms with Crippen molar-refractivity contribution in [3.8, 4) is 6.07 Å². The zero-order valence-electron chi connectivity index (χ0n) is 8.72. The maximum absolute atomic E-state index is 8.56. The molecule has 16 heavy (non-hydrogen) atoms. The minimum atomic E-state index is 0.244. The Labute approximate surface area is 103 Å². The van der Waals surface area contributed by atoms with Gasteiger partial charge in [-0.05, 0) is 22.9 Å². The standard InChI is InChI=1S/C12H12N2S2/c13-6-3-7-14-12(10-4-1-8-15-10)11-5-2-9-16-11/h1-2,4-5,8-9,12,14H,3,7H2. The number of rotatable bonds is 5. The van der Waals surface area contributed by atoms with Gasteiger partial charge in [-0.3, -0.25) is 0 Å². The molecule has 4 heteroatoms. The summed E-state index contributed by atoms with van der Waals surface area (Å²) in [5.74, 6) is 0. The molecule has 2 aromatic heterocycles. The van der Waals surface area contributed by atoms with Crippen molar-refractivity contribution < 1.29 is 0 Å². The molecule has 2 heterocycles. The van der Waals surface area contributed by atoms with Gasteiger partial charge in [-0.15, -0.1) is 22.7 Å². The van der Waals surface area contributed by atoms with Crippen molar-refractivity contribution in [3.05, 3.63) is 44.8 Å². The zero-order chi connectivity index (χ0) is 11.2. The van der Waals surface area contributed by atoms with E-state index in [4.69, 9.17) is 5.26 Å². The molecule has 0 unspecified atom stereocenters. The van der Waals surface area contributed by atoms with Gasteiger partial charge in [0.05, 0.1) is 12.1 Å². The molecule has 0 aliphatic carbocycles. The fraction of sp³-hybridized carbons (Fsp3) is 0.250. The number of nitriles is 1. The second-order valence-corrected chi connectivity index (χ2v) is 5.28. The van der Waals surface area contributed by atoms with Crippen LogP contribution in [0.25, 0.3) is 0 Å². The van der Waals surface area contributed by atoms with Crippen LogP contribution in [0.2, 0.25) is 0 Å². The molecule has 0 radical (unpaired) electrons. The van der Waals surface area contributed by atoms with Gasteiger partial charge >= 0.3 is 0 Å². The SMILES string of the molecule is N#CCCNC(c1cccs1)c1cccs1. The Morgan fingerprint density at radius 1 is 1.19 bits per heavy atom. The predicted octanol–water partition coefficient (Wildman–Crippen LogP) is 3.40. The van der Waals surface area contributed by atoms with Gasteiger partial charge in [-0.1, -0.05) is 12.1 Å². The molecular formula is C12H12N2S2. The number of nitrogens with zero attached hydrogens (tertiary/aromatic N) is 1. The van der Waals surface area contributed by atoms with Crippen molar-refractivity contribution in [1.82, 2.24) is 5.32 Å². The van der Waals surface area contributed by atoms with E-state index >= 15 is 0 Å². The quantitative estimate of drug-likeness (QED) is 0.823. The molecule has 0 fully saturated rings. The number of hydrogen-bond acceptors (Lipinski definition) is 4. The minimum absolute atomic E-state index is 0.244. The molecule has 2 rings (SSSR count). The van der Waals surface area contributed by atoms with Crippen molar-refractivity contribution in [2.75, 3.05) is 6.54 Å². The molecule has 0 aliphatic heterocycles. The topological polar surface area (TPSA) is 35.8 Å². The Morgan fingerprint density at radius 2 is 1.81 bits per heavy atom. The first kappa shape index (κ1) is 11.3. The van der Waals surface area contributed by atoms with Crippen molar-refractivity contribution in [1.29, 1.82) is 5.26 Å². The van der Waals surface area contributed by atoms with E-state index in [2.05, 4.69) is 46.4 Å². The summed E-state index contributed by atoms with van der Waals surface area (Å²) in [6, 6.07) is 10.8. The highest BCUT2D eigenvalue weighted by Crippen LogP contribution is 2.28. The van der Waals surface area contributed by atoms with E-state index in [1.807, 2.05) is 0 Å². The van der Waals surface area contributed by atoms with E-state index in [0.29, 0.717) is 6.42 Å². The molecular weight excluding hydrogens is 236 g/mol. The van der Waals surface area contributed by atoms with Crippen molar-refractivity contribution >= 4 is 22.7 Å². The average molecular weight is 248 g/mol. The molecule has 0 amide bonds. The molecule has 82 valence electrons. The van der Waals surface area contributed by atoms with Crippen LogP contribution in [0.3, 0.4) is 0 Å². The van der Waals surface area contributed by atoms with Crippen molar-refractivity contribution in [2.45, 2.75) is 12.5 Å². The Balaban J connectivity index is 2.12. The third-order valence-electron chi connectivity index (χ3n) is 2.24. The normalized spacial score (nSPS) is 10.5. The second-order valence-electron chi connectivity index (χ2n) is 3.33. The highest BCUT2D eigenvalue weighted by molar-refractivity contribution is 7.11. The largest absolute Gasteiger partial charge is 0.304 e. The van der Waals surface area contributed by atoms with Gasteiger partial charge in [0, 0.05) is 22.7 Å². The van der Waals surface area contributed by atoms with Crippen LogP contribution < -0.4 is 5.32 Å². The lowest BCUT2D eigenvalue weighted by Crippen LogP contribution is -2.21. The van der Waals surface area contributed by atoms with Crippen molar-refractivity contribution in [2.24, 2.45) is 0 Å². The maximum Gasteiger partial charge on any atom is 0.0765 e. The molecule has 0 saturated heterocycles. The van der Waals surface area contributed by atoms with Crippen LogP contribution in [0.15, 0.2) is 35.0 Å². The Kier molecular flexibility index (Phi) is 4.11. The van der Waals surface area contributed by atoms with Gasteiger partial charge in [-0.2, -0.15) is 5.26 Å². The summed E-state index contributed by atoms with van der Waals surface area (Å²) in [6.07, 6.45) is 0.549. The van der Waals surface area contributed by atoms with Gasteiger partial charge in [0.2, 0.25) is 0 Å². The van der Waals surface area contributed by atoms with Crippen LogP contribution in [0.4, 0.5) is 0 Å². The van der Waals surface area contributed by atoms with Gasteiger partial charge in [0.1, 0.15) is 0 Å². The molecule has 0 aliphatic rings. The van der Waals surface area contributed by atoms with E-state index in [9.17, 15) is 0 Å². The van der Waals surface area contributed by atoms with Crippen molar-refractivity contribution in [3.63, 3.8) is 0 Å². The summed E-state index contributed by atoms with van der Waals surface area (Å²) in [4.78, 5) is 2.61. The molecule has 2 aromatic rings.